The first kappa shape index (κ1) is 13.1. The highest BCUT2D eigenvalue weighted by atomic mass is 19.2. The van der Waals surface area contributed by atoms with E-state index in [1.54, 1.807) is 6.92 Å². The zero-order chi connectivity index (χ0) is 14.0. The minimum atomic E-state index is -1.05. The Labute approximate surface area is 108 Å². The van der Waals surface area contributed by atoms with Crippen LogP contribution in [-0.2, 0) is 6.54 Å². The summed E-state index contributed by atoms with van der Waals surface area (Å²) in [4.78, 5) is 17.4. The molecule has 5 nitrogen and oxygen atoms in total. The van der Waals surface area contributed by atoms with Crippen LogP contribution in [0.1, 0.15) is 22.0 Å². The van der Waals surface area contributed by atoms with Gasteiger partial charge in [0.1, 0.15) is 5.82 Å². The van der Waals surface area contributed by atoms with Gasteiger partial charge in [0.15, 0.2) is 17.5 Å². The molecule has 0 aliphatic carbocycles. The topological polar surface area (TPSA) is 61.9 Å². The number of aromatic amines is 1. The summed E-state index contributed by atoms with van der Waals surface area (Å²) in [5.41, 5.74) is 0.0775. The Hall–Kier alpha value is -2.31. The van der Waals surface area contributed by atoms with Gasteiger partial charge in [0.25, 0.3) is 5.91 Å². The van der Waals surface area contributed by atoms with Crippen molar-refractivity contribution in [1.29, 1.82) is 0 Å². The van der Waals surface area contributed by atoms with Gasteiger partial charge in [0, 0.05) is 12.6 Å². The molecule has 0 aliphatic heterocycles. The molecule has 0 bridgehead atoms. The van der Waals surface area contributed by atoms with Gasteiger partial charge in [0.2, 0.25) is 0 Å². The van der Waals surface area contributed by atoms with Crippen LogP contribution in [0.15, 0.2) is 18.2 Å². The summed E-state index contributed by atoms with van der Waals surface area (Å²) in [6.07, 6.45) is 0. The second kappa shape index (κ2) is 5.13. The summed E-state index contributed by atoms with van der Waals surface area (Å²) in [5.74, 6) is -1.36. The molecular formula is C12H12F2N4O. The molecule has 0 aliphatic rings. The first-order chi connectivity index (χ1) is 8.97. The molecule has 7 heteroatoms. The van der Waals surface area contributed by atoms with E-state index in [0.29, 0.717) is 11.6 Å². The molecule has 100 valence electrons. The molecule has 1 heterocycles. The van der Waals surface area contributed by atoms with Crippen molar-refractivity contribution in [3.8, 4) is 0 Å². The lowest BCUT2D eigenvalue weighted by Gasteiger charge is -2.15. The molecule has 19 heavy (non-hydrogen) atoms. The maximum Gasteiger partial charge on any atom is 0.254 e. The molecule has 0 saturated carbocycles. The van der Waals surface area contributed by atoms with Crippen LogP contribution in [0.25, 0.3) is 0 Å². The number of aryl methyl sites for hydroxylation is 1. The molecule has 0 unspecified atom stereocenters. The summed E-state index contributed by atoms with van der Waals surface area (Å²) >= 11 is 0. The zero-order valence-electron chi connectivity index (χ0n) is 10.4. The van der Waals surface area contributed by atoms with Gasteiger partial charge in [0.05, 0.1) is 6.54 Å². The van der Waals surface area contributed by atoms with Crippen molar-refractivity contribution < 1.29 is 13.6 Å². The molecule has 1 aromatic heterocycles. The number of H-pyrrole nitrogens is 1. The molecule has 1 aromatic carbocycles. The minimum Gasteiger partial charge on any atom is -0.334 e. The van der Waals surface area contributed by atoms with Crippen molar-refractivity contribution >= 4 is 5.91 Å². The molecule has 0 saturated heterocycles. The summed E-state index contributed by atoms with van der Waals surface area (Å²) < 4.78 is 25.8. The second-order valence-electron chi connectivity index (χ2n) is 4.13. The minimum absolute atomic E-state index is 0.0775. The third-order valence-corrected chi connectivity index (χ3v) is 2.54. The van der Waals surface area contributed by atoms with E-state index in [0.717, 1.165) is 12.1 Å². The lowest BCUT2D eigenvalue weighted by atomic mass is 10.2. The van der Waals surface area contributed by atoms with E-state index in [-0.39, 0.29) is 12.1 Å². The number of carbonyl (C=O) groups is 1. The van der Waals surface area contributed by atoms with Gasteiger partial charge in [-0.3, -0.25) is 9.89 Å². The number of nitrogens with one attached hydrogen (secondary N) is 1. The molecule has 0 radical (unpaired) electrons. The van der Waals surface area contributed by atoms with Gasteiger partial charge in [-0.25, -0.2) is 13.8 Å². The highest BCUT2D eigenvalue weighted by Crippen LogP contribution is 2.11. The lowest BCUT2D eigenvalue weighted by Crippen LogP contribution is -2.26. The number of amides is 1. The van der Waals surface area contributed by atoms with Gasteiger partial charge in [-0.05, 0) is 25.1 Å². The monoisotopic (exact) mass is 266 g/mol. The van der Waals surface area contributed by atoms with Gasteiger partial charge < -0.3 is 4.90 Å². The zero-order valence-corrected chi connectivity index (χ0v) is 10.4. The largest absolute Gasteiger partial charge is 0.334 e. The third-order valence-electron chi connectivity index (χ3n) is 2.54. The van der Waals surface area contributed by atoms with Crippen molar-refractivity contribution in [3.05, 3.63) is 47.0 Å². The Morgan fingerprint density at radius 3 is 2.68 bits per heavy atom. The molecule has 0 spiro atoms. The number of nitrogens with zero attached hydrogens (tertiary/aromatic N) is 3. The number of hydrogen-bond donors (Lipinski definition) is 1. The predicted molar refractivity (Wildman–Crippen MR) is 63.3 cm³/mol. The average Bonchev–Trinajstić information content (AvgIpc) is 2.77. The second-order valence-corrected chi connectivity index (χ2v) is 4.13. The Bertz CT molecular complexity index is 612. The number of carbonyl (C=O) groups excluding carboxylic acids is 1. The van der Waals surface area contributed by atoms with Gasteiger partial charge in [-0.1, -0.05) is 0 Å². The Morgan fingerprint density at radius 2 is 2.11 bits per heavy atom. The van der Waals surface area contributed by atoms with Crippen molar-refractivity contribution in [2.45, 2.75) is 13.5 Å². The molecule has 1 amide bonds. The van der Waals surface area contributed by atoms with Crippen LogP contribution in [0.2, 0.25) is 0 Å². The number of hydrogen-bond acceptors (Lipinski definition) is 3. The maximum atomic E-state index is 13.1. The Morgan fingerprint density at radius 1 is 1.37 bits per heavy atom. The summed E-state index contributed by atoms with van der Waals surface area (Å²) in [5, 5.41) is 6.56. The van der Waals surface area contributed by atoms with E-state index >= 15 is 0 Å². The number of halogens is 2. The fourth-order valence-electron chi connectivity index (χ4n) is 1.59. The van der Waals surface area contributed by atoms with Crippen LogP contribution in [0, 0.1) is 18.6 Å². The van der Waals surface area contributed by atoms with Crippen LogP contribution in [0.4, 0.5) is 8.78 Å². The summed E-state index contributed by atoms with van der Waals surface area (Å²) in [6.45, 7) is 1.93. The standard InChI is InChI=1S/C12H12F2N4O/c1-7-15-11(17-16-7)6-18(2)12(19)8-3-4-9(13)10(14)5-8/h3-5H,6H2,1-2H3,(H,15,16,17). The Balaban J connectivity index is 2.12. The van der Waals surface area contributed by atoms with E-state index < -0.39 is 17.5 Å². The normalized spacial score (nSPS) is 10.5. The van der Waals surface area contributed by atoms with Gasteiger partial charge in [-0.15, -0.1) is 0 Å². The van der Waals surface area contributed by atoms with E-state index in [9.17, 15) is 13.6 Å². The van der Waals surface area contributed by atoms with Crippen molar-refractivity contribution in [2.75, 3.05) is 7.05 Å². The number of rotatable bonds is 3. The SMILES string of the molecule is Cc1nc(CN(C)C(=O)c2ccc(F)c(F)c2)n[nH]1. The highest BCUT2D eigenvalue weighted by molar-refractivity contribution is 5.93. The Kier molecular flexibility index (Phi) is 3.55. The van der Waals surface area contributed by atoms with Crippen LogP contribution < -0.4 is 0 Å². The molecular weight excluding hydrogens is 254 g/mol. The van der Waals surface area contributed by atoms with E-state index in [2.05, 4.69) is 15.2 Å². The average molecular weight is 266 g/mol. The van der Waals surface area contributed by atoms with Crippen molar-refractivity contribution in [3.63, 3.8) is 0 Å². The van der Waals surface area contributed by atoms with Crippen LogP contribution in [0.5, 0.6) is 0 Å². The molecule has 0 fully saturated rings. The molecule has 0 atom stereocenters. The fraction of sp³-hybridized carbons (Fsp3) is 0.250. The highest BCUT2D eigenvalue weighted by Gasteiger charge is 2.15. The molecule has 2 rings (SSSR count). The van der Waals surface area contributed by atoms with Crippen LogP contribution in [-0.4, -0.2) is 33.0 Å². The summed E-state index contributed by atoms with van der Waals surface area (Å²) in [7, 11) is 1.54. The first-order valence-corrected chi connectivity index (χ1v) is 5.56. The predicted octanol–water partition coefficient (Wildman–Crippen LogP) is 1.66. The van der Waals surface area contributed by atoms with Crippen molar-refractivity contribution in [2.24, 2.45) is 0 Å². The maximum absolute atomic E-state index is 13.1. The smallest absolute Gasteiger partial charge is 0.254 e. The number of aromatic nitrogens is 3. The van der Waals surface area contributed by atoms with Crippen molar-refractivity contribution in [1.82, 2.24) is 20.1 Å². The fourth-order valence-corrected chi connectivity index (χ4v) is 1.59. The lowest BCUT2D eigenvalue weighted by molar-refractivity contribution is 0.0781. The van der Waals surface area contributed by atoms with Crippen LogP contribution in [0.3, 0.4) is 0 Å². The van der Waals surface area contributed by atoms with Gasteiger partial charge in [-0.2, -0.15) is 5.10 Å². The molecule has 2 aromatic rings. The van der Waals surface area contributed by atoms with Crippen LogP contribution >= 0.6 is 0 Å². The van der Waals surface area contributed by atoms with E-state index in [4.69, 9.17) is 0 Å². The summed E-state index contributed by atoms with van der Waals surface area (Å²) in [6, 6.07) is 3.03. The first-order valence-electron chi connectivity index (χ1n) is 5.56. The van der Waals surface area contributed by atoms with E-state index in [1.807, 2.05) is 0 Å². The quantitative estimate of drug-likeness (QED) is 0.919. The van der Waals surface area contributed by atoms with Gasteiger partial charge >= 0.3 is 0 Å². The number of benzene rings is 1. The molecule has 1 N–H and O–H groups in total. The van der Waals surface area contributed by atoms with E-state index in [1.165, 1.54) is 18.0 Å². The third kappa shape index (κ3) is 2.93.